The van der Waals surface area contributed by atoms with Crippen LogP contribution in [0, 0.1) is 12.9 Å². The van der Waals surface area contributed by atoms with Crippen LogP contribution in [0.2, 0.25) is 0 Å². The maximum absolute atomic E-state index is 13.8. The summed E-state index contributed by atoms with van der Waals surface area (Å²) in [6.07, 6.45) is 3.37. The van der Waals surface area contributed by atoms with E-state index in [-0.39, 0.29) is 40.1 Å². The zero-order valence-corrected chi connectivity index (χ0v) is 16.6. The molecule has 4 N–H and O–H groups in total. The van der Waals surface area contributed by atoms with E-state index in [1.807, 2.05) is 13.0 Å². The van der Waals surface area contributed by atoms with Gasteiger partial charge in [-0.25, -0.2) is 4.68 Å². The number of aromatic nitrogens is 4. The van der Waals surface area contributed by atoms with Crippen LogP contribution in [0.3, 0.4) is 0 Å². The van der Waals surface area contributed by atoms with Crippen LogP contribution < -0.4 is 11.1 Å². The Hall–Kier alpha value is -4.01. The van der Waals surface area contributed by atoms with Gasteiger partial charge in [-0.1, -0.05) is 6.07 Å². The van der Waals surface area contributed by atoms with Gasteiger partial charge in [-0.3, -0.25) is 14.7 Å². The van der Waals surface area contributed by atoms with Crippen molar-refractivity contribution in [3.63, 3.8) is 0 Å². The van der Waals surface area contributed by atoms with Gasteiger partial charge >= 0.3 is 0 Å². The second-order valence-corrected chi connectivity index (χ2v) is 7.70. The number of fused-ring (bicyclic) bond motifs is 1. The Labute approximate surface area is 176 Å². The quantitative estimate of drug-likeness (QED) is 0.431. The third kappa shape index (κ3) is 3.33. The van der Waals surface area contributed by atoms with Crippen LogP contribution in [0.5, 0.6) is 0 Å². The summed E-state index contributed by atoms with van der Waals surface area (Å²) in [6.45, 7) is 1.87. The summed E-state index contributed by atoms with van der Waals surface area (Å²) in [5.74, 6) is -1.00. The number of aromatic amines is 1. The van der Waals surface area contributed by atoms with E-state index in [2.05, 4.69) is 20.6 Å². The monoisotopic (exact) mass is 418 g/mol. The molecule has 5 rings (SSSR count). The van der Waals surface area contributed by atoms with E-state index in [0.29, 0.717) is 16.8 Å². The molecule has 0 bridgehead atoms. The molecule has 1 saturated carbocycles. The van der Waals surface area contributed by atoms with E-state index in [4.69, 9.17) is 5.73 Å². The zero-order valence-electron chi connectivity index (χ0n) is 16.6. The molecule has 1 aliphatic carbocycles. The van der Waals surface area contributed by atoms with Gasteiger partial charge in [-0.05, 0) is 55.7 Å². The molecule has 8 nitrogen and oxygen atoms in total. The number of benzene rings is 2. The second kappa shape index (κ2) is 7.05. The van der Waals surface area contributed by atoms with Crippen LogP contribution in [0.4, 0.5) is 10.2 Å². The van der Waals surface area contributed by atoms with Gasteiger partial charge < -0.3 is 11.1 Å². The highest BCUT2D eigenvalue weighted by Gasteiger charge is 2.25. The first-order valence-electron chi connectivity index (χ1n) is 9.86. The van der Waals surface area contributed by atoms with E-state index >= 15 is 0 Å². The average molecular weight is 418 g/mol. The normalized spacial score (nSPS) is 13.5. The van der Waals surface area contributed by atoms with Gasteiger partial charge in [0.1, 0.15) is 5.82 Å². The van der Waals surface area contributed by atoms with Crippen molar-refractivity contribution >= 4 is 28.4 Å². The van der Waals surface area contributed by atoms with Crippen molar-refractivity contribution in [1.29, 1.82) is 0 Å². The molecule has 31 heavy (non-hydrogen) atoms. The van der Waals surface area contributed by atoms with Gasteiger partial charge in [-0.2, -0.15) is 14.6 Å². The minimum Gasteiger partial charge on any atom is -0.383 e. The van der Waals surface area contributed by atoms with Crippen molar-refractivity contribution in [2.24, 2.45) is 0 Å². The van der Waals surface area contributed by atoms with Crippen molar-refractivity contribution in [2.45, 2.75) is 25.8 Å². The number of carbonyl (C=O) groups excluding carboxylic acids is 2. The lowest BCUT2D eigenvalue weighted by Gasteiger charge is -2.11. The van der Waals surface area contributed by atoms with E-state index in [0.717, 1.165) is 18.4 Å². The number of nitrogens with two attached hydrogens (primary N) is 1. The number of nitrogen functional groups attached to an aromatic ring is 1. The second-order valence-electron chi connectivity index (χ2n) is 7.70. The first-order valence-corrected chi connectivity index (χ1v) is 9.86. The van der Waals surface area contributed by atoms with Crippen molar-refractivity contribution in [3.05, 3.63) is 70.8 Å². The zero-order chi connectivity index (χ0) is 21.7. The Morgan fingerprint density at radius 3 is 2.74 bits per heavy atom. The summed E-state index contributed by atoms with van der Waals surface area (Å²) in [6, 6.07) is 10.1. The smallest absolute Gasteiger partial charge is 0.251 e. The van der Waals surface area contributed by atoms with E-state index in [1.54, 1.807) is 24.3 Å². The minimum atomic E-state index is -0.606. The molecule has 0 spiro atoms. The Bertz CT molecular complexity index is 1350. The van der Waals surface area contributed by atoms with Crippen LogP contribution in [0.15, 0.2) is 42.6 Å². The van der Waals surface area contributed by atoms with Gasteiger partial charge in [-0.15, -0.1) is 0 Å². The fourth-order valence-electron chi connectivity index (χ4n) is 3.48. The Kier molecular flexibility index (Phi) is 4.32. The van der Waals surface area contributed by atoms with Crippen molar-refractivity contribution in [1.82, 2.24) is 25.3 Å². The number of nitrogens with one attached hydrogen (secondary N) is 2. The van der Waals surface area contributed by atoms with E-state index in [1.165, 1.54) is 16.9 Å². The molecular weight excluding hydrogens is 399 g/mol. The largest absolute Gasteiger partial charge is 0.383 e. The molecule has 4 aromatic rings. The highest BCUT2D eigenvalue weighted by Crippen LogP contribution is 2.26. The number of anilines is 1. The Balaban J connectivity index is 1.50. The summed E-state index contributed by atoms with van der Waals surface area (Å²) < 4.78 is 15.3. The first kappa shape index (κ1) is 19.0. The van der Waals surface area contributed by atoms with Crippen LogP contribution in [0.25, 0.3) is 16.6 Å². The summed E-state index contributed by atoms with van der Waals surface area (Å²) >= 11 is 0. The predicted molar refractivity (Wildman–Crippen MR) is 113 cm³/mol. The lowest BCUT2D eigenvalue weighted by molar-refractivity contribution is 0.0950. The molecule has 156 valence electrons. The molecule has 0 radical (unpaired) electrons. The number of ketones is 1. The van der Waals surface area contributed by atoms with Gasteiger partial charge in [0, 0.05) is 17.2 Å². The summed E-state index contributed by atoms with van der Waals surface area (Å²) in [5, 5.41) is 13.5. The number of carbonyl (C=O) groups is 2. The number of nitrogens with zero attached hydrogens (tertiary/aromatic N) is 3. The third-order valence-corrected chi connectivity index (χ3v) is 5.43. The number of aryl methyl sites for hydroxylation is 1. The topological polar surface area (TPSA) is 119 Å². The Morgan fingerprint density at radius 1 is 1.19 bits per heavy atom. The molecule has 0 atom stereocenters. The minimum absolute atomic E-state index is 0.139. The Morgan fingerprint density at radius 2 is 1.97 bits per heavy atom. The number of H-pyrrole nitrogens is 1. The average Bonchev–Trinajstić information content (AvgIpc) is 3.39. The molecule has 1 fully saturated rings. The van der Waals surface area contributed by atoms with Crippen molar-refractivity contribution in [3.8, 4) is 5.69 Å². The molecule has 9 heteroatoms. The van der Waals surface area contributed by atoms with Crippen molar-refractivity contribution in [2.75, 3.05) is 5.73 Å². The van der Waals surface area contributed by atoms with Crippen LogP contribution >= 0.6 is 0 Å². The summed E-state index contributed by atoms with van der Waals surface area (Å²) in [5.41, 5.74) is 9.11. The van der Waals surface area contributed by atoms with Gasteiger partial charge in [0.05, 0.1) is 28.4 Å². The van der Waals surface area contributed by atoms with E-state index in [9.17, 15) is 14.0 Å². The maximum Gasteiger partial charge on any atom is 0.251 e. The number of hydrogen-bond acceptors (Lipinski definition) is 5. The van der Waals surface area contributed by atoms with E-state index < -0.39 is 5.95 Å². The molecule has 1 aliphatic rings. The number of rotatable bonds is 5. The molecule has 2 aromatic heterocycles. The fourth-order valence-corrected chi connectivity index (χ4v) is 3.48. The van der Waals surface area contributed by atoms with Crippen LogP contribution in [-0.2, 0) is 0 Å². The van der Waals surface area contributed by atoms with Crippen LogP contribution in [-0.4, -0.2) is 37.7 Å². The molecular formula is C22H19FN6O2. The lowest BCUT2D eigenvalue weighted by Crippen LogP contribution is -2.25. The first-order chi connectivity index (χ1) is 14.9. The molecule has 0 unspecified atom stereocenters. The fraction of sp³-hybridized carbons (Fsp3) is 0.182. The predicted octanol–water partition coefficient (Wildman–Crippen LogP) is 2.90. The van der Waals surface area contributed by atoms with Gasteiger partial charge in [0.2, 0.25) is 5.95 Å². The molecule has 1 amide bonds. The molecule has 2 aromatic carbocycles. The van der Waals surface area contributed by atoms with Crippen molar-refractivity contribution < 1.29 is 14.0 Å². The molecule has 2 heterocycles. The highest BCUT2D eigenvalue weighted by atomic mass is 19.1. The molecule has 0 aliphatic heterocycles. The summed E-state index contributed by atoms with van der Waals surface area (Å²) in [4.78, 5) is 25.4. The highest BCUT2D eigenvalue weighted by molar-refractivity contribution is 6.13. The van der Waals surface area contributed by atoms with Crippen LogP contribution in [0.1, 0.15) is 44.7 Å². The van der Waals surface area contributed by atoms with Gasteiger partial charge in [0.25, 0.3) is 5.91 Å². The lowest BCUT2D eigenvalue weighted by atomic mass is 10.0. The number of amides is 1. The van der Waals surface area contributed by atoms with Gasteiger partial charge in [0.15, 0.2) is 5.78 Å². The summed E-state index contributed by atoms with van der Waals surface area (Å²) in [7, 11) is 0. The SMILES string of the molecule is Cc1ccc(C(=O)NC2CC2)cc1-n1ncc(C(=O)c2ccc3n[nH]c(F)c3c2)c1N. The maximum atomic E-state index is 13.8. The number of hydrogen-bond donors (Lipinski definition) is 3. The third-order valence-electron chi connectivity index (χ3n) is 5.43. The molecule has 0 saturated heterocycles. The standard InChI is InChI=1S/C22H19FN6O2/c1-11-2-3-13(22(31)26-14-5-6-14)9-18(11)29-21(24)16(10-25-29)19(30)12-4-7-17-15(8-12)20(23)28-27-17/h2-4,7-10,14H,5-6,24H2,1H3,(H,26,31)(H,27,28). The number of halogens is 1.